The number of thioether (sulfide) groups is 1. The van der Waals surface area contributed by atoms with Crippen molar-refractivity contribution in [2.24, 2.45) is 0 Å². The molecular formula is C12H24N2S. The Hall–Kier alpha value is 0.270. The summed E-state index contributed by atoms with van der Waals surface area (Å²) in [5, 5.41) is 7.22. The van der Waals surface area contributed by atoms with Crippen molar-refractivity contribution in [1.29, 1.82) is 0 Å². The molecule has 2 nitrogen and oxygen atoms in total. The molecule has 1 saturated heterocycles. The molecule has 15 heavy (non-hydrogen) atoms. The van der Waals surface area contributed by atoms with Crippen molar-refractivity contribution in [3.63, 3.8) is 0 Å². The standard InChI is InChI=1S/C12H24N2S/c1-15-12(6-2-3-7-12)10-14-11-4-8-13-9-5-11/h11,13-14H,2-10H2,1H3. The Labute approximate surface area is 98.0 Å². The smallest absolute Gasteiger partial charge is 0.0281 e. The zero-order chi connectivity index (χ0) is 10.6. The maximum Gasteiger partial charge on any atom is 0.0281 e. The Morgan fingerprint density at radius 2 is 1.93 bits per heavy atom. The summed E-state index contributed by atoms with van der Waals surface area (Å²) in [5.74, 6) is 0. The molecule has 0 aromatic carbocycles. The molecule has 1 saturated carbocycles. The second-order valence-electron chi connectivity index (χ2n) is 5.00. The maximum absolute atomic E-state index is 3.79. The fourth-order valence-electron chi connectivity index (χ4n) is 2.83. The fraction of sp³-hybridized carbons (Fsp3) is 1.00. The highest BCUT2D eigenvalue weighted by atomic mass is 32.2. The van der Waals surface area contributed by atoms with Crippen LogP contribution in [0.2, 0.25) is 0 Å². The second kappa shape index (κ2) is 5.55. The highest BCUT2D eigenvalue weighted by Gasteiger charge is 2.33. The molecule has 2 fully saturated rings. The Morgan fingerprint density at radius 1 is 1.27 bits per heavy atom. The Bertz CT molecular complexity index is 184. The lowest BCUT2D eigenvalue weighted by molar-refractivity contribution is 0.369. The monoisotopic (exact) mass is 228 g/mol. The molecule has 2 N–H and O–H groups in total. The van der Waals surface area contributed by atoms with Gasteiger partial charge in [-0.2, -0.15) is 11.8 Å². The molecule has 3 heteroatoms. The van der Waals surface area contributed by atoms with Gasteiger partial charge >= 0.3 is 0 Å². The van der Waals surface area contributed by atoms with Crippen molar-refractivity contribution in [3.05, 3.63) is 0 Å². The summed E-state index contributed by atoms with van der Waals surface area (Å²) in [5.41, 5.74) is 0. The first-order chi connectivity index (χ1) is 7.35. The van der Waals surface area contributed by atoms with E-state index in [2.05, 4.69) is 28.7 Å². The van der Waals surface area contributed by atoms with Crippen LogP contribution in [0, 0.1) is 0 Å². The molecule has 0 aromatic heterocycles. The largest absolute Gasteiger partial charge is 0.317 e. The average molecular weight is 228 g/mol. The van der Waals surface area contributed by atoms with Gasteiger partial charge in [-0.15, -0.1) is 0 Å². The first-order valence-corrected chi connectivity index (χ1v) is 7.56. The van der Waals surface area contributed by atoms with Crippen LogP contribution in [-0.2, 0) is 0 Å². The number of nitrogens with one attached hydrogen (secondary N) is 2. The molecule has 0 aromatic rings. The molecule has 0 amide bonds. The fourth-order valence-corrected chi connectivity index (χ4v) is 3.75. The zero-order valence-electron chi connectivity index (χ0n) is 9.85. The van der Waals surface area contributed by atoms with E-state index in [4.69, 9.17) is 0 Å². The van der Waals surface area contributed by atoms with Gasteiger partial charge in [-0.3, -0.25) is 0 Å². The minimum absolute atomic E-state index is 0.574. The van der Waals surface area contributed by atoms with Gasteiger partial charge in [0, 0.05) is 17.3 Å². The van der Waals surface area contributed by atoms with Gasteiger partial charge in [0.15, 0.2) is 0 Å². The van der Waals surface area contributed by atoms with E-state index in [9.17, 15) is 0 Å². The van der Waals surface area contributed by atoms with Crippen LogP contribution in [0.15, 0.2) is 0 Å². The summed E-state index contributed by atoms with van der Waals surface area (Å²) in [6.45, 7) is 3.63. The molecule has 0 radical (unpaired) electrons. The first-order valence-electron chi connectivity index (χ1n) is 6.34. The van der Waals surface area contributed by atoms with E-state index in [1.807, 2.05) is 0 Å². The van der Waals surface area contributed by atoms with Crippen LogP contribution in [-0.4, -0.2) is 36.7 Å². The Balaban J connectivity index is 1.75. The van der Waals surface area contributed by atoms with Crippen LogP contribution in [0.5, 0.6) is 0 Å². The van der Waals surface area contributed by atoms with E-state index in [-0.39, 0.29) is 0 Å². The van der Waals surface area contributed by atoms with Gasteiger partial charge in [0.2, 0.25) is 0 Å². The predicted molar refractivity (Wildman–Crippen MR) is 68.6 cm³/mol. The number of rotatable bonds is 4. The second-order valence-corrected chi connectivity index (χ2v) is 6.27. The van der Waals surface area contributed by atoms with Gasteiger partial charge in [0.25, 0.3) is 0 Å². The van der Waals surface area contributed by atoms with Crippen LogP contribution < -0.4 is 10.6 Å². The van der Waals surface area contributed by atoms with Crippen LogP contribution in [0.25, 0.3) is 0 Å². The quantitative estimate of drug-likeness (QED) is 0.769. The van der Waals surface area contributed by atoms with Crippen molar-refractivity contribution in [2.45, 2.75) is 49.3 Å². The number of hydrogen-bond acceptors (Lipinski definition) is 3. The minimum Gasteiger partial charge on any atom is -0.317 e. The van der Waals surface area contributed by atoms with Gasteiger partial charge in [-0.05, 0) is 45.0 Å². The molecule has 2 aliphatic rings. The van der Waals surface area contributed by atoms with Gasteiger partial charge in [-0.1, -0.05) is 12.8 Å². The first kappa shape index (κ1) is 11.7. The maximum atomic E-state index is 3.79. The van der Waals surface area contributed by atoms with Gasteiger partial charge < -0.3 is 10.6 Å². The molecular weight excluding hydrogens is 204 g/mol. The molecule has 0 spiro atoms. The zero-order valence-corrected chi connectivity index (χ0v) is 10.7. The number of hydrogen-bond donors (Lipinski definition) is 2. The average Bonchev–Trinajstić information content (AvgIpc) is 2.77. The molecule has 0 bridgehead atoms. The summed E-state index contributed by atoms with van der Waals surface area (Å²) in [4.78, 5) is 0. The van der Waals surface area contributed by atoms with Crippen molar-refractivity contribution in [1.82, 2.24) is 10.6 Å². The van der Waals surface area contributed by atoms with Gasteiger partial charge in [0.1, 0.15) is 0 Å². The van der Waals surface area contributed by atoms with Crippen molar-refractivity contribution < 1.29 is 0 Å². The Kier molecular flexibility index (Phi) is 4.35. The highest BCUT2D eigenvalue weighted by molar-refractivity contribution is 8.00. The van der Waals surface area contributed by atoms with E-state index >= 15 is 0 Å². The Morgan fingerprint density at radius 3 is 2.53 bits per heavy atom. The lowest BCUT2D eigenvalue weighted by Crippen LogP contribution is -2.45. The van der Waals surface area contributed by atoms with Gasteiger partial charge in [-0.25, -0.2) is 0 Å². The topological polar surface area (TPSA) is 24.1 Å². The summed E-state index contributed by atoms with van der Waals surface area (Å²) in [6, 6.07) is 0.774. The third-order valence-corrected chi connectivity index (χ3v) is 5.42. The molecule has 0 atom stereocenters. The van der Waals surface area contributed by atoms with Crippen molar-refractivity contribution >= 4 is 11.8 Å². The normalized spacial score (nSPS) is 27.0. The summed E-state index contributed by atoms with van der Waals surface area (Å²) in [7, 11) is 0. The third kappa shape index (κ3) is 3.11. The van der Waals surface area contributed by atoms with Crippen LogP contribution in [0.3, 0.4) is 0 Å². The SMILES string of the molecule is CSC1(CNC2CCNCC2)CCCC1. The highest BCUT2D eigenvalue weighted by Crippen LogP contribution is 2.39. The lowest BCUT2D eigenvalue weighted by Gasteiger charge is -2.31. The summed E-state index contributed by atoms with van der Waals surface area (Å²) >= 11 is 2.09. The predicted octanol–water partition coefficient (Wildman–Crippen LogP) is 2.00. The van der Waals surface area contributed by atoms with E-state index in [0.717, 1.165) is 6.04 Å². The summed E-state index contributed by atoms with van der Waals surface area (Å²) < 4.78 is 0.574. The third-order valence-electron chi connectivity index (χ3n) is 4.00. The molecule has 88 valence electrons. The molecule has 0 unspecified atom stereocenters. The van der Waals surface area contributed by atoms with Crippen molar-refractivity contribution in [3.8, 4) is 0 Å². The molecule has 1 aliphatic carbocycles. The molecule has 1 aliphatic heterocycles. The summed E-state index contributed by atoms with van der Waals surface area (Å²) in [6.07, 6.45) is 10.6. The van der Waals surface area contributed by atoms with E-state index < -0.39 is 0 Å². The van der Waals surface area contributed by atoms with E-state index in [1.165, 1.54) is 58.2 Å². The van der Waals surface area contributed by atoms with Gasteiger partial charge in [0.05, 0.1) is 0 Å². The molecule has 1 heterocycles. The van der Waals surface area contributed by atoms with Crippen molar-refractivity contribution in [2.75, 3.05) is 25.9 Å². The van der Waals surface area contributed by atoms with E-state index in [1.54, 1.807) is 0 Å². The van der Waals surface area contributed by atoms with E-state index in [0.29, 0.717) is 4.75 Å². The lowest BCUT2D eigenvalue weighted by atomic mass is 10.0. The number of piperidine rings is 1. The van der Waals surface area contributed by atoms with Crippen LogP contribution in [0.4, 0.5) is 0 Å². The van der Waals surface area contributed by atoms with Crippen LogP contribution in [0.1, 0.15) is 38.5 Å². The van der Waals surface area contributed by atoms with Crippen LogP contribution >= 0.6 is 11.8 Å². The molecule has 2 rings (SSSR count). The minimum atomic E-state index is 0.574.